The van der Waals surface area contributed by atoms with Gasteiger partial charge in [-0.15, -0.1) is 0 Å². The molecule has 2 aliphatic heterocycles. The van der Waals surface area contributed by atoms with Crippen LogP contribution in [0.4, 0.5) is 0 Å². The number of hydrogen-bond donors (Lipinski definition) is 0. The third-order valence-corrected chi connectivity index (χ3v) is 8.23. The van der Waals surface area contributed by atoms with Crippen molar-refractivity contribution >= 4 is 5.91 Å². The number of hydrogen-bond acceptors (Lipinski definition) is 3. The fraction of sp³-hybridized carbons (Fsp3) is 0.808. The Hall–Kier alpha value is -1.33. The minimum absolute atomic E-state index is 0.0260. The highest BCUT2D eigenvalue weighted by atomic mass is 16.5. The van der Waals surface area contributed by atoms with Gasteiger partial charge in [0, 0.05) is 45.2 Å². The van der Waals surface area contributed by atoms with E-state index in [2.05, 4.69) is 38.9 Å². The third kappa shape index (κ3) is 5.54. The zero-order valence-electron chi connectivity index (χ0n) is 19.6. The standard InChI is InChI=1S/C26H43N3O2/c1-31-20-10-17-28(22-23-11-9-16-27-15-6-3-12-24(23)27)25(30)21-26(13-4-2-5-14-26)29-18-7-8-19-29/h7-8,18-19,23-24H,2-6,9-17,20-22H2,1H3. The summed E-state index contributed by atoms with van der Waals surface area (Å²) in [5.41, 5.74) is -0.0260. The molecule has 1 aliphatic carbocycles. The van der Waals surface area contributed by atoms with Crippen LogP contribution in [0.25, 0.3) is 0 Å². The summed E-state index contributed by atoms with van der Waals surface area (Å²) < 4.78 is 7.67. The fourth-order valence-corrected chi connectivity index (χ4v) is 6.57. The predicted molar refractivity (Wildman–Crippen MR) is 125 cm³/mol. The molecule has 1 saturated carbocycles. The van der Waals surface area contributed by atoms with E-state index in [1.807, 2.05) is 0 Å². The van der Waals surface area contributed by atoms with Crippen LogP contribution in [-0.2, 0) is 15.1 Å². The summed E-state index contributed by atoms with van der Waals surface area (Å²) in [4.78, 5) is 18.7. The number of carbonyl (C=O) groups excluding carboxylic acids is 1. The maximum Gasteiger partial charge on any atom is 0.224 e. The average molecular weight is 430 g/mol. The van der Waals surface area contributed by atoms with E-state index >= 15 is 0 Å². The molecule has 3 fully saturated rings. The number of carbonyl (C=O) groups is 1. The monoisotopic (exact) mass is 429 g/mol. The van der Waals surface area contributed by atoms with Crippen molar-refractivity contribution in [1.29, 1.82) is 0 Å². The van der Waals surface area contributed by atoms with Crippen LogP contribution in [0.2, 0.25) is 0 Å². The highest BCUT2D eigenvalue weighted by Gasteiger charge is 2.39. The van der Waals surface area contributed by atoms with E-state index in [-0.39, 0.29) is 5.54 Å². The second-order valence-corrected chi connectivity index (χ2v) is 10.2. The van der Waals surface area contributed by atoms with Crippen LogP contribution < -0.4 is 0 Å². The Kier molecular flexibility index (Phi) is 8.11. The van der Waals surface area contributed by atoms with Gasteiger partial charge in [-0.1, -0.05) is 25.7 Å². The maximum atomic E-state index is 13.8. The molecule has 2 saturated heterocycles. The maximum absolute atomic E-state index is 13.8. The second kappa shape index (κ2) is 11.0. The van der Waals surface area contributed by atoms with Gasteiger partial charge in [-0.05, 0) is 76.1 Å². The highest BCUT2D eigenvalue weighted by Crippen LogP contribution is 2.39. The molecule has 1 aromatic heterocycles. The number of nitrogens with zero attached hydrogens (tertiary/aromatic N) is 3. The Labute approximate surface area is 189 Å². The smallest absolute Gasteiger partial charge is 0.224 e. The van der Waals surface area contributed by atoms with E-state index in [1.54, 1.807) is 7.11 Å². The quantitative estimate of drug-likeness (QED) is 0.536. The minimum Gasteiger partial charge on any atom is -0.385 e. The molecule has 0 N–H and O–H groups in total. The van der Waals surface area contributed by atoms with Crippen molar-refractivity contribution in [3.63, 3.8) is 0 Å². The number of amides is 1. The zero-order valence-corrected chi connectivity index (χ0v) is 19.6. The molecule has 4 rings (SSSR count). The van der Waals surface area contributed by atoms with Gasteiger partial charge in [0.05, 0.1) is 12.0 Å². The minimum atomic E-state index is -0.0260. The first-order valence-electron chi connectivity index (χ1n) is 12.9. The molecule has 0 radical (unpaired) electrons. The van der Waals surface area contributed by atoms with E-state index < -0.39 is 0 Å². The fourth-order valence-electron chi connectivity index (χ4n) is 6.57. The molecule has 2 unspecified atom stereocenters. The lowest BCUT2D eigenvalue weighted by Gasteiger charge is -2.46. The van der Waals surface area contributed by atoms with Gasteiger partial charge < -0.3 is 19.1 Å². The van der Waals surface area contributed by atoms with Gasteiger partial charge in [0.2, 0.25) is 5.91 Å². The normalized spacial score (nSPS) is 26.4. The summed E-state index contributed by atoms with van der Waals surface area (Å²) in [6, 6.07) is 4.90. The van der Waals surface area contributed by atoms with E-state index in [1.165, 1.54) is 64.5 Å². The summed E-state index contributed by atoms with van der Waals surface area (Å²) in [7, 11) is 1.76. The molecule has 174 valence electrons. The van der Waals surface area contributed by atoms with Crippen LogP contribution in [-0.4, -0.2) is 66.2 Å². The van der Waals surface area contributed by atoms with Crippen molar-refractivity contribution in [2.75, 3.05) is 39.9 Å². The first-order chi connectivity index (χ1) is 15.2. The molecule has 0 spiro atoms. The second-order valence-electron chi connectivity index (χ2n) is 10.2. The first kappa shape index (κ1) is 22.8. The third-order valence-electron chi connectivity index (χ3n) is 8.23. The van der Waals surface area contributed by atoms with E-state index in [0.717, 1.165) is 39.0 Å². The molecule has 2 atom stereocenters. The SMILES string of the molecule is COCCCN(CC1CCCN2CCCCC12)C(=O)CC1(n2cccc2)CCCCC1. The van der Waals surface area contributed by atoms with Gasteiger partial charge in [0.1, 0.15) is 0 Å². The lowest BCUT2D eigenvalue weighted by Crippen LogP contribution is -2.52. The van der Waals surface area contributed by atoms with Crippen molar-refractivity contribution in [2.45, 2.75) is 88.6 Å². The lowest BCUT2D eigenvalue weighted by molar-refractivity contribution is -0.135. The molecular formula is C26H43N3O2. The Morgan fingerprint density at radius 2 is 1.81 bits per heavy atom. The molecule has 1 amide bonds. The topological polar surface area (TPSA) is 37.7 Å². The molecule has 0 aromatic carbocycles. The summed E-state index contributed by atoms with van der Waals surface area (Å²) in [6.07, 6.45) is 18.5. The van der Waals surface area contributed by atoms with Gasteiger partial charge in [-0.25, -0.2) is 0 Å². The predicted octanol–water partition coefficient (Wildman–Crippen LogP) is 4.67. The summed E-state index contributed by atoms with van der Waals surface area (Å²) >= 11 is 0. The molecule has 31 heavy (non-hydrogen) atoms. The van der Waals surface area contributed by atoms with E-state index in [9.17, 15) is 4.79 Å². The van der Waals surface area contributed by atoms with E-state index in [4.69, 9.17) is 4.74 Å². The number of piperidine rings is 2. The largest absolute Gasteiger partial charge is 0.385 e. The van der Waals surface area contributed by atoms with Crippen molar-refractivity contribution in [3.05, 3.63) is 24.5 Å². The zero-order chi connectivity index (χ0) is 21.5. The van der Waals surface area contributed by atoms with E-state index in [0.29, 0.717) is 24.3 Å². The summed E-state index contributed by atoms with van der Waals surface area (Å²) in [5, 5.41) is 0. The van der Waals surface area contributed by atoms with Gasteiger partial charge in [0.25, 0.3) is 0 Å². The Balaban J connectivity index is 1.47. The van der Waals surface area contributed by atoms with Crippen molar-refractivity contribution in [3.8, 4) is 0 Å². The average Bonchev–Trinajstić information content (AvgIpc) is 3.35. The van der Waals surface area contributed by atoms with Crippen molar-refractivity contribution in [1.82, 2.24) is 14.4 Å². The summed E-state index contributed by atoms with van der Waals surface area (Å²) in [6.45, 7) is 5.01. The van der Waals surface area contributed by atoms with Crippen LogP contribution >= 0.6 is 0 Å². The van der Waals surface area contributed by atoms with Gasteiger partial charge >= 0.3 is 0 Å². The first-order valence-corrected chi connectivity index (χ1v) is 12.9. The number of ether oxygens (including phenoxy) is 1. The van der Waals surface area contributed by atoms with Crippen LogP contribution in [0, 0.1) is 5.92 Å². The molecular weight excluding hydrogens is 386 g/mol. The van der Waals surface area contributed by atoms with Crippen LogP contribution in [0.5, 0.6) is 0 Å². The van der Waals surface area contributed by atoms with Gasteiger partial charge in [0.15, 0.2) is 0 Å². The lowest BCUT2D eigenvalue weighted by atomic mass is 9.78. The highest BCUT2D eigenvalue weighted by molar-refractivity contribution is 5.77. The molecule has 5 nitrogen and oxygen atoms in total. The van der Waals surface area contributed by atoms with Gasteiger partial charge in [-0.2, -0.15) is 0 Å². The summed E-state index contributed by atoms with van der Waals surface area (Å²) in [5.74, 6) is 0.995. The number of rotatable bonds is 9. The van der Waals surface area contributed by atoms with Gasteiger partial charge in [-0.3, -0.25) is 4.79 Å². The molecule has 3 aliphatic rings. The van der Waals surface area contributed by atoms with Crippen LogP contribution in [0.3, 0.4) is 0 Å². The molecule has 5 heteroatoms. The molecule has 1 aromatic rings. The number of methoxy groups -OCH3 is 1. The van der Waals surface area contributed by atoms with Crippen molar-refractivity contribution in [2.24, 2.45) is 5.92 Å². The molecule has 3 heterocycles. The number of fused-ring (bicyclic) bond motifs is 1. The Bertz CT molecular complexity index is 666. The Morgan fingerprint density at radius 1 is 1.03 bits per heavy atom. The molecule has 0 bridgehead atoms. The Morgan fingerprint density at radius 3 is 2.58 bits per heavy atom. The number of aromatic nitrogens is 1. The van der Waals surface area contributed by atoms with Crippen molar-refractivity contribution < 1.29 is 9.53 Å². The van der Waals surface area contributed by atoms with Crippen LogP contribution in [0.1, 0.15) is 77.0 Å². The van der Waals surface area contributed by atoms with Crippen LogP contribution in [0.15, 0.2) is 24.5 Å².